The number of nitrogens with one attached hydrogen (secondary N) is 2. The summed E-state index contributed by atoms with van der Waals surface area (Å²) in [5.41, 5.74) is 0.873. The highest BCUT2D eigenvalue weighted by molar-refractivity contribution is 7.89. The topological polar surface area (TPSA) is 114 Å². The van der Waals surface area contributed by atoms with Crippen molar-refractivity contribution in [2.45, 2.75) is 6.04 Å². The molecule has 26 heavy (non-hydrogen) atoms. The molecule has 3 rings (SSSR count). The van der Waals surface area contributed by atoms with Crippen LogP contribution in [0.3, 0.4) is 0 Å². The van der Waals surface area contributed by atoms with Crippen LogP contribution in [-0.4, -0.2) is 70.2 Å². The van der Waals surface area contributed by atoms with Crippen molar-refractivity contribution in [3.05, 3.63) is 23.8 Å². The van der Waals surface area contributed by atoms with Gasteiger partial charge in [-0.15, -0.1) is 0 Å². The Balaban J connectivity index is 1.68. The molecule has 0 aliphatic carbocycles. The van der Waals surface area contributed by atoms with Crippen LogP contribution in [-0.2, 0) is 19.6 Å². The third-order valence-electron chi connectivity index (χ3n) is 4.37. The highest BCUT2D eigenvalue weighted by atomic mass is 32.2. The van der Waals surface area contributed by atoms with E-state index in [0.717, 1.165) is 0 Å². The predicted octanol–water partition coefficient (Wildman–Crippen LogP) is -0.346. The van der Waals surface area contributed by atoms with Crippen molar-refractivity contribution in [2.75, 3.05) is 45.0 Å². The van der Waals surface area contributed by atoms with E-state index in [1.807, 2.05) is 0 Å². The van der Waals surface area contributed by atoms with Gasteiger partial charge in [0, 0.05) is 25.6 Å². The molecule has 142 valence electrons. The van der Waals surface area contributed by atoms with Gasteiger partial charge in [0.1, 0.15) is 5.75 Å². The molecule has 2 aliphatic rings. The van der Waals surface area contributed by atoms with Gasteiger partial charge in [-0.25, -0.2) is 12.7 Å². The summed E-state index contributed by atoms with van der Waals surface area (Å²) in [5, 5.41) is 5.49. The number of hydrogen-bond donors (Lipinski definition) is 2. The van der Waals surface area contributed by atoms with Crippen molar-refractivity contribution in [1.29, 1.82) is 0 Å². The quantitative estimate of drug-likeness (QED) is 0.719. The zero-order valence-electron chi connectivity index (χ0n) is 14.5. The van der Waals surface area contributed by atoms with Gasteiger partial charge in [0.05, 0.1) is 30.7 Å². The molecule has 0 spiro atoms. The van der Waals surface area contributed by atoms with Gasteiger partial charge in [-0.1, -0.05) is 0 Å². The van der Waals surface area contributed by atoms with Crippen LogP contribution in [0.2, 0.25) is 0 Å². The van der Waals surface area contributed by atoms with E-state index in [-0.39, 0.29) is 43.3 Å². The maximum atomic E-state index is 12.5. The van der Waals surface area contributed by atoms with Crippen LogP contribution in [0, 0.1) is 5.92 Å². The Morgan fingerprint density at radius 2 is 2.12 bits per heavy atom. The summed E-state index contributed by atoms with van der Waals surface area (Å²) in [6, 6.07) is 4.32. The summed E-state index contributed by atoms with van der Waals surface area (Å²) in [5.74, 6) is -0.588. The number of carbonyl (C=O) groups excluding carboxylic acids is 2. The van der Waals surface area contributed by atoms with E-state index >= 15 is 0 Å². The summed E-state index contributed by atoms with van der Waals surface area (Å²) in [6.07, 6.45) is 0. The van der Waals surface area contributed by atoms with Crippen LogP contribution in [0.4, 0.5) is 5.69 Å². The van der Waals surface area contributed by atoms with Gasteiger partial charge < -0.3 is 20.1 Å². The molecule has 9 nitrogen and oxygen atoms in total. The third kappa shape index (κ3) is 3.97. The number of amides is 2. The highest BCUT2D eigenvalue weighted by Gasteiger charge is 2.34. The van der Waals surface area contributed by atoms with Crippen molar-refractivity contribution in [3.63, 3.8) is 0 Å². The average molecular weight is 383 g/mol. The van der Waals surface area contributed by atoms with E-state index in [1.54, 1.807) is 18.2 Å². The number of anilines is 1. The maximum absolute atomic E-state index is 12.5. The Morgan fingerprint density at radius 3 is 2.85 bits per heavy atom. The number of fused-ring (bicyclic) bond motifs is 1. The fraction of sp³-hybridized carbons (Fsp3) is 0.500. The highest BCUT2D eigenvalue weighted by Crippen LogP contribution is 2.28. The molecule has 0 saturated carbocycles. The Bertz CT molecular complexity index is 823. The molecular weight excluding hydrogens is 362 g/mol. The van der Waals surface area contributed by atoms with Crippen molar-refractivity contribution in [3.8, 4) is 5.75 Å². The molecule has 0 aromatic heterocycles. The zero-order valence-corrected chi connectivity index (χ0v) is 15.3. The van der Waals surface area contributed by atoms with Crippen LogP contribution in [0.15, 0.2) is 18.2 Å². The first-order chi connectivity index (χ1) is 12.3. The van der Waals surface area contributed by atoms with Crippen molar-refractivity contribution < 1.29 is 27.5 Å². The van der Waals surface area contributed by atoms with Crippen molar-refractivity contribution >= 4 is 27.5 Å². The second kappa shape index (κ2) is 7.22. The standard InChI is InChI=1S/C16H21N3O6S/c1-19(2)26(22,23)9-11-6-24-7-13(11)18-16(21)10-3-4-12-14(5-10)25-8-15(20)17-12/h3-5,11,13H,6-9H2,1-2H3,(H,17,20)(H,18,21)/t11-,13-/m0/s1. The summed E-state index contributed by atoms with van der Waals surface area (Å²) >= 11 is 0. The lowest BCUT2D eigenvalue weighted by Crippen LogP contribution is -2.43. The number of nitrogens with zero attached hydrogens (tertiary/aromatic N) is 1. The Hall–Kier alpha value is -2.17. The number of ether oxygens (including phenoxy) is 2. The van der Waals surface area contributed by atoms with E-state index < -0.39 is 16.1 Å². The van der Waals surface area contributed by atoms with Gasteiger partial charge >= 0.3 is 0 Å². The molecule has 2 amide bonds. The molecule has 2 N–H and O–H groups in total. The maximum Gasteiger partial charge on any atom is 0.262 e. The van der Waals surface area contributed by atoms with Gasteiger partial charge in [-0.2, -0.15) is 0 Å². The SMILES string of the molecule is CN(C)S(=O)(=O)C[C@@H]1COC[C@@H]1NC(=O)c1ccc2c(c1)OCC(=O)N2. The number of rotatable bonds is 5. The largest absolute Gasteiger partial charge is 0.482 e. The predicted molar refractivity (Wildman–Crippen MR) is 93.6 cm³/mol. The van der Waals surface area contributed by atoms with Gasteiger partial charge in [-0.3, -0.25) is 9.59 Å². The Morgan fingerprint density at radius 1 is 1.35 bits per heavy atom. The minimum Gasteiger partial charge on any atom is -0.482 e. The molecule has 2 heterocycles. The minimum atomic E-state index is -3.39. The molecule has 1 aromatic rings. The number of hydrogen-bond acceptors (Lipinski definition) is 6. The molecule has 1 aromatic carbocycles. The lowest BCUT2D eigenvalue weighted by molar-refractivity contribution is -0.118. The number of sulfonamides is 1. The van der Waals surface area contributed by atoms with E-state index in [2.05, 4.69) is 10.6 Å². The fourth-order valence-corrected chi connectivity index (χ4v) is 3.98. The summed E-state index contributed by atoms with van der Waals surface area (Å²) in [6.45, 7) is 0.438. The van der Waals surface area contributed by atoms with Gasteiger partial charge in [0.25, 0.3) is 11.8 Å². The van der Waals surface area contributed by atoms with Gasteiger partial charge in [0.15, 0.2) is 6.61 Å². The Labute approximate surface area is 151 Å². The molecule has 0 bridgehead atoms. The lowest BCUT2D eigenvalue weighted by atomic mass is 10.1. The van der Waals surface area contributed by atoms with E-state index in [9.17, 15) is 18.0 Å². The average Bonchev–Trinajstić information content (AvgIpc) is 3.00. The van der Waals surface area contributed by atoms with Crippen molar-refractivity contribution in [2.24, 2.45) is 5.92 Å². The summed E-state index contributed by atoms with van der Waals surface area (Å²) in [7, 11) is -0.437. The zero-order chi connectivity index (χ0) is 18.9. The van der Waals surface area contributed by atoms with Gasteiger partial charge in [0.2, 0.25) is 10.0 Å². The van der Waals surface area contributed by atoms with Crippen LogP contribution in [0.25, 0.3) is 0 Å². The van der Waals surface area contributed by atoms with E-state index in [0.29, 0.717) is 17.0 Å². The monoisotopic (exact) mass is 383 g/mol. The van der Waals surface area contributed by atoms with E-state index in [4.69, 9.17) is 9.47 Å². The molecular formula is C16H21N3O6S. The van der Waals surface area contributed by atoms with Crippen LogP contribution in [0.5, 0.6) is 5.75 Å². The number of carbonyl (C=O) groups is 2. The molecule has 10 heteroatoms. The van der Waals surface area contributed by atoms with Crippen LogP contribution in [0.1, 0.15) is 10.4 Å². The normalized spacial score (nSPS) is 22.5. The molecule has 0 unspecified atom stereocenters. The second-order valence-corrected chi connectivity index (χ2v) is 8.71. The van der Waals surface area contributed by atoms with Crippen molar-refractivity contribution in [1.82, 2.24) is 9.62 Å². The molecule has 0 radical (unpaired) electrons. The summed E-state index contributed by atoms with van der Waals surface area (Å²) in [4.78, 5) is 23.8. The molecule has 2 aliphatic heterocycles. The first kappa shape index (κ1) is 18.6. The molecule has 1 saturated heterocycles. The first-order valence-corrected chi connectivity index (χ1v) is 9.72. The third-order valence-corrected chi connectivity index (χ3v) is 6.33. The summed E-state index contributed by atoms with van der Waals surface area (Å²) < 4.78 is 36.0. The minimum absolute atomic E-state index is 0.0930. The lowest BCUT2D eigenvalue weighted by Gasteiger charge is -2.22. The van der Waals surface area contributed by atoms with E-state index in [1.165, 1.54) is 18.4 Å². The first-order valence-electron chi connectivity index (χ1n) is 8.12. The smallest absolute Gasteiger partial charge is 0.262 e. The Kier molecular flexibility index (Phi) is 5.17. The van der Waals surface area contributed by atoms with Crippen LogP contribution >= 0.6 is 0 Å². The number of benzene rings is 1. The molecule has 2 atom stereocenters. The molecule has 1 fully saturated rings. The van der Waals surface area contributed by atoms with Crippen LogP contribution < -0.4 is 15.4 Å². The van der Waals surface area contributed by atoms with Gasteiger partial charge in [-0.05, 0) is 18.2 Å². The second-order valence-electron chi connectivity index (χ2n) is 6.49. The fourth-order valence-electron chi connectivity index (χ4n) is 2.81.